The van der Waals surface area contributed by atoms with Gasteiger partial charge in [0.05, 0.1) is 17.4 Å². The number of aliphatic hydroxyl groups is 1. The zero-order valence-corrected chi connectivity index (χ0v) is 24.2. The maximum absolute atomic E-state index is 14.1. The van der Waals surface area contributed by atoms with Crippen molar-refractivity contribution >= 4 is 17.7 Å². The minimum Gasteiger partial charge on any atom is -0.396 e. The van der Waals surface area contributed by atoms with Gasteiger partial charge in [-0.15, -0.1) is 0 Å². The number of nitrogens with one attached hydrogen (secondary N) is 2. The molecule has 3 aliphatic rings. The van der Waals surface area contributed by atoms with Gasteiger partial charge in [0.15, 0.2) is 0 Å². The first-order chi connectivity index (χ1) is 17.3. The third kappa shape index (κ3) is 5.85. The van der Waals surface area contributed by atoms with E-state index in [1.807, 2.05) is 27.7 Å². The molecule has 0 aromatic rings. The van der Waals surface area contributed by atoms with E-state index in [0.29, 0.717) is 32.4 Å². The van der Waals surface area contributed by atoms with Gasteiger partial charge in [-0.1, -0.05) is 47.5 Å². The summed E-state index contributed by atoms with van der Waals surface area (Å²) in [4.78, 5) is 43.4. The van der Waals surface area contributed by atoms with Gasteiger partial charge in [-0.3, -0.25) is 14.4 Å². The molecule has 0 radical (unpaired) electrons. The third-order valence-corrected chi connectivity index (χ3v) is 8.50. The van der Waals surface area contributed by atoms with E-state index in [9.17, 15) is 14.4 Å². The van der Waals surface area contributed by atoms with E-state index in [1.165, 1.54) is 0 Å². The lowest BCUT2D eigenvalue weighted by molar-refractivity contribution is -0.148. The summed E-state index contributed by atoms with van der Waals surface area (Å²) in [7, 11) is 0. The van der Waals surface area contributed by atoms with Crippen molar-refractivity contribution < 1.29 is 24.2 Å². The molecule has 0 saturated carbocycles. The Balaban J connectivity index is 1.95. The van der Waals surface area contributed by atoms with Crippen LogP contribution < -0.4 is 10.6 Å². The quantitative estimate of drug-likeness (QED) is 0.321. The van der Waals surface area contributed by atoms with Crippen LogP contribution in [-0.4, -0.2) is 70.2 Å². The highest BCUT2D eigenvalue weighted by Gasteiger charge is 2.78. The molecule has 37 heavy (non-hydrogen) atoms. The average molecular weight is 522 g/mol. The van der Waals surface area contributed by atoms with Gasteiger partial charge in [0.25, 0.3) is 0 Å². The number of ether oxygens (including phenoxy) is 1. The number of nitrogens with zero attached hydrogens (tertiary/aromatic N) is 1. The van der Waals surface area contributed by atoms with Gasteiger partial charge >= 0.3 is 0 Å². The fourth-order valence-corrected chi connectivity index (χ4v) is 7.53. The Bertz CT molecular complexity index is 853. The van der Waals surface area contributed by atoms with E-state index in [4.69, 9.17) is 9.84 Å². The highest BCUT2D eigenvalue weighted by atomic mass is 16.5. The first-order valence-electron chi connectivity index (χ1n) is 14.5. The molecule has 1 spiro atoms. The van der Waals surface area contributed by atoms with Crippen LogP contribution in [-0.2, 0) is 19.1 Å². The SMILES string of the molecule is CCCNC(=O)[C@@H]1[C@H]2C(=O)N(CCCCCCO)C(C(=O)NC(C)(C)CC(C)(C)C)C23CC[C@@]1(CC)O3. The number of unbranched alkanes of at least 4 members (excludes halogenated alkanes) is 3. The Hall–Kier alpha value is -1.67. The molecule has 212 valence electrons. The summed E-state index contributed by atoms with van der Waals surface area (Å²) in [6.07, 6.45) is 6.73. The van der Waals surface area contributed by atoms with Crippen molar-refractivity contribution in [1.29, 1.82) is 0 Å². The molecule has 0 aromatic heterocycles. The number of carbonyl (C=O) groups excluding carboxylic acids is 3. The monoisotopic (exact) mass is 521 g/mol. The first-order valence-corrected chi connectivity index (χ1v) is 14.5. The predicted octanol–water partition coefficient (Wildman–Crippen LogP) is 3.55. The van der Waals surface area contributed by atoms with Gasteiger partial charge < -0.3 is 25.4 Å². The molecule has 2 bridgehead atoms. The van der Waals surface area contributed by atoms with Crippen molar-refractivity contribution in [3.05, 3.63) is 0 Å². The topological polar surface area (TPSA) is 108 Å². The van der Waals surface area contributed by atoms with Crippen LogP contribution in [0.5, 0.6) is 0 Å². The molecule has 3 amide bonds. The van der Waals surface area contributed by atoms with E-state index in [-0.39, 0.29) is 29.7 Å². The van der Waals surface area contributed by atoms with E-state index < -0.39 is 34.6 Å². The van der Waals surface area contributed by atoms with Crippen LogP contribution in [0.25, 0.3) is 0 Å². The van der Waals surface area contributed by atoms with E-state index >= 15 is 0 Å². The lowest BCUT2D eigenvalue weighted by atomic mass is 9.65. The number of amides is 3. The fraction of sp³-hybridized carbons (Fsp3) is 0.897. The van der Waals surface area contributed by atoms with Crippen LogP contribution >= 0.6 is 0 Å². The standard InChI is InChI=1S/C29H51N3O5/c1-8-16-30-23(34)20-21-25(36)32(17-12-10-11-13-18-33)22(29(21)15-14-28(20,9-2)37-29)24(35)31-27(6,7)19-26(3,4)5/h20-22,33H,8-19H2,1-7H3,(H,30,34)(H,31,35)/t20-,21-,22?,28+,29?/m0/s1. The summed E-state index contributed by atoms with van der Waals surface area (Å²) in [6, 6.07) is -0.750. The Morgan fingerprint density at radius 1 is 1.05 bits per heavy atom. The molecular formula is C29H51N3O5. The number of fused-ring (bicyclic) bond motifs is 1. The van der Waals surface area contributed by atoms with Gasteiger partial charge in [-0.25, -0.2) is 0 Å². The highest BCUT2D eigenvalue weighted by Crippen LogP contribution is 2.64. The second-order valence-electron chi connectivity index (χ2n) is 13.4. The van der Waals surface area contributed by atoms with Crippen LogP contribution in [0.2, 0.25) is 0 Å². The Kier molecular flexibility index (Phi) is 9.05. The maximum Gasteiger partial charge on any atom is 0.246 e. The van der Waals surface area contributed by atoms with Crippen molar-refractivity contribution in [3.8, 4) is 0 Å². The molecule has 3 fully saturated rings. The second-order valence-corrected chi connectivity index (χ2v) is 13.4. The molecule has 5 atom stereocenters. The summed E-state index contributed by atoms with van der Waals surface area (Å²) >= 11 is 0. The van der Waals surface area contributed by atoms with Crippen molar-refractivity contribution in [2.45, 2.75) is 129 Å². The lowest BCUT2D eigenvalue weighted by Gasteiger charge is -2.38. The van der Waals surface area contributed by atoms with Crippen LogP contribution in [0, 0.1) is 17.3 Å². The molecule has 8 nitrogen and oxygen atoms in total. The average Bonchev–Trinajstić information content (AvgIpc) is 3.39. The number of hydrogen-bond donors (Lipinski definition) is 3. The molecule has 3 rings (SSSR count). The summed E-state index contributed by atoms with van der Waals surface area (Å²) in [5.41, 5.74) is -2.12. The minimum atomic E-state index is -0.978. The number of likely N-dealkylation sites (tertiary alicyclic amines) is 1. The molecule has 2 unspecified atom stereocenters. The third-order valence-electron chi connectivity index (χ3n) is 8.50. The van der Waals surface area contributed by atoms with Crippen molar-refractivity contribution in [3.63, 3.8) is 0 Å². The van der Waals surface area contributed by atoms with Crippen molar-refractivity contribution in [2.24, 2.45) is 17.3 Å². The Morgan fingerprint density at radius 3 is 2.32 bits per heavy atom. The summed E-state index contributed by atoms with van der Waals surface area (Å²) < 4.78 is 6.81. The van der Waals surface area contributed by atoms with Gasteiger partial charge in [0.1, 0.15) is 11.6 Å². The summed E-state index contributed by atoms with van der Waals surface area (Å²) in [5.74, 6) is -1.65. The Labute approximate surface area is 223 Å². The zero-order valence-electron chi connectivity index (χ0n) is 24.2. The zero-order chi connectivity index (χ0) is 27.6. The van der Waals surface area contributed by atoms with E-state index in [0.717, 1.165) is 38.5 Å². The number of carbonyl (C=O) groups is 3. The van der Waals surface area contributed by atoms with Crippen LogP contribution in [0.1, 0.15) is 106 Å². The molecule has 0 aliphatic carbocycles. The first kappa shape index (κ1) is 29.9. The number of aliphatic hydroxyl groups excluding tert-OH is 1. The Morgan fingerprint density at radius 2 is 1.73 bits per heavy atom. The van der Waals surface area contributed by atoms with Crippen molar-refractivity contribution in [2.75, 3.05) is 19.7 Å². The van der Waals surface area contributed by atoms with E-state index in [1.54, 1.807) is 4.90 Å². The highest BCUT2D eigenvalue weighted by molar-refractivity contribution is 5.99. The van der Waals surface area contributed by atoms with Gasteiger partial charge in [-0.2, -0.15) is 0 Å². The molecule has 3 aliphatic heterocycles. The van der Waals surface area contributed by atoms with Crippen molar-refractivity contribution in [1.82, 2.24) is 15.5 Å². The number of hydrogen-bond acceptors (Lipinski definition) is 5. The van der Waals surface area contributed by atoms with Gasteiger partial charge in [0.2, 0.25) is 17.7 Å². The molecule has 3 heterocycles. The molecule has 3 saturated heterocycles. The maximum atomic E-state index is 14.1. The van der Waals surface area contributed by atoms with Gasteiger partial charge in [-0.05, 0) is 64.2 Å². The fourth-order valence-electron chi connectivity index (χ4n) is 7.53. The smallest absolute Gasteiger partial charge is 0.246 e. The largest absolute Gasteiger partial charge is 0.396 e. The van der Waals surface area contributed by atoms with Crippen LogP contribution in [0.3, 0.4) is 0 Å². The molecule has 3 N–H and O–H groups in total. The van der Waals surface area contributed by atoms with Crippen LogP contribution in [0.4, 0.5) is 0 Å². The predicted molar refractivity (Wildman–Crippen MR) is 144 cm³/mol. The van der Waals surface area contributed by atoms with E-state index in [2.05, 4.69) is 31.4 Å². The molecule has 8 heteroatoms. The van der Waals surface area contributed by atoms with Gasteiger partial charge in [0, 0.05) is 25.2 Å². The van der Waals surface area contributed by atoms with Crippen LogP contribution in [0.15, 0.2) is 0 Å². The normalized spacial score (nSPS) is 31.1. The minimum absolute atomic E-state index is 0.0204. The summed E-state index contributed by atoms with van der Waals surface area (Å²) in [5, 5.41) is 15.4. The number of rotatable bonds is 13. The summed E-state index contributed by atoms with van der Waals surface area (Å²) in [6.45, 7) is 15.7. The second kappa shape index (κ2) is 11.2. The molecule has 0 aromatic carbocycles. The lowest BCUT2D eigenvalue weighted by Crippen LogP contribution is -2.59. The molecular weight excluding hydrogens is 470 g/mol.